The van der Waals surface area contributed by atoms with E-state index in [1.807, 2.05) is 133 Å². The Hall–Kier alpha value is -7.20. The van der Waals surface area contributed by atoms with E-state index in [0.29, 0.717) is 45.8 Å². The van der Waals surface area contributed by atoms with Crippen LogP contribution in [0.1, 0.15) is 0 Å². The molecule has 0 saturated carbocycles. The molecule has 0 atom stereocenters. The van der Waals surface area contributed by atoms with Gasteiger partial charge in [0.1, 0.15) is 37.9 Å². The zero-order valence-electron chi connectivity index (χ0n) is 29.2. The fraction of sp³-hybridized carbons (Fsp3) is 0.0909. The number of benzene rings is 2. The van der Waals surface area contributed by atoms with Gasteiger partial charge in [0.15, 0.2) is 11.5 Å². The van der Waals surface area contributed by atoms with Crippen molar-refractivity contribution in [1.29, 1.82) is 0 Å². The highest BCUT2D eigenvalue weighted by molar-refractivity contribution is 5.86. The SMILES string of the molecule is c1ccc(-c2cc(OCCOc3cc4ccccc4cc3OCCOc3cc(-c4ccccn4)nc(-c4ccccn4)c3)cc(-c3ccccn3)n2)nc1. The van der Waals surface area contributed by atoms with Crippen molar-refractivity contribution in [1.82, 2.24) is 29.9 Å². The summed E-state index contributed by atoms with van der Waals surface area (Å²) in [4.78, 5) is 27.5. The Bertz CT molecular complexity index is 2170. The molecule has 0 amide bonds. The second kappa shape index (κ2) is 16.4. The van der Waals surface area contributed by atoms with Gasteiger partial charge in [0.05, 0.1) is 45.6 Å². The first-order valence-electron chi connectivity index (χ1n) is 17.5. The van der Waals surface area contributed by atoms with Gasteiger partial charge in [-0.05, 0) is 71.4 Å². The molecular formula is C44H34N6O4. The van der Waals surface area contributed by atoms with Crippen molar-refractivity contribution in [2.75, 3.05) is 26.4 Å². The van der Waals surface area contributed by atoms with Crippen LogP contribution in [0.4, 0.5) is 0 Å². The normalized spacial score (nSPS) is 10.9. The lowest BCUT2D eigenvalue weighted by molar-refractivity contribution is 0.192. The van der Waals surface area contributed by atoms with Crippen LogP contribution in [0, 0.1) is 0 Å². The van der Waals surface area contributed by atoms with Gasteiger partial charge in [-0.3, -0.25) is 19.9 Å². The standard InChI is InChI=1S/C44H34N6O4/c1-2-12-32-26-44(54-24-22-52-34-29-41(37-15-5-9-19-47-37)50-42(30-34)38-16-6-10-20-48-38)43(25-31(32)11-1)53-23-21-51-33-27-39(35-13-3-7-17-45-35)49-40(28-33)36-14-4-8-18-46-36/h1-20,25-30H,21-24H2. The van der Waals surface area contributed by atoms with E-state index < -0.39 is 0 Å². The number of ether oxygens (including phenoxy) is 4. The summed E-state index contributed by atoms with van der Waals surface area (Å²) in [6.45, 7) is 1.11. The molecule has 0 aliphatic carbocycles. The molecule has 0 N–H and O–H groups in total. The molecule has 0 unspecified atom stereocenters. The van der Waals surface area contributed by atoms with Crippen molar-refractivity contribution in [3.8, 4) is 68.5 Å². The summed E-state index contributed by atoms with van der Waals surface area (Å²) in [6, 6.07) is 42.4. The Labute approximate surface area is 312 Å². The lowest BCUT2D eigenvalue weighted by Gasteiger charge is -2.16. The topological polar surface area (TPSA) is 114 Å². The fourth-order valence-electron chi connectivity index (χ4n) is 5.81. The summed E-state index contributed by atoms with van der Waals surface area (Å²) >= 11 is 0. The third kappa shape index (κ3) is 8.29. The fourth-order valence-corrected chi connectivity index (χ4v) is 5.81. The van der Waals surface area contributed by atoms with Crippen LogP contribution in [0.5, 0.6) is 23.0 Å². The summed E-state index contributed by atoms with van der Waals surface area (Å²) in [7, 11) is 0. The van der Waals surface area contributed by atoms with E-state index >= 15 is 0 Å². The highest BCUT2D eigenvalue weighted by Gasteiger charge is 2.13. The first-order chi connectivity index (χ1) is 26.7. The third-order valence-electron chi connectivity index (χ3n) is 8.34. The molecule has 0 fully saturated rings. The second-order valence-electron chi connectivity index (χ2n) is 12.0. The summed E-state index contributed by atoms with van der Waals surface area (Å²) in [5.74, 6) is 2.48. The van der Waals surface area contributed by atoms with E-state index in [2.05, 4.69) is 19.9 Å². The molecule has 0 bridgehead atoms. The smallest absolute Gasteiger partial charge is 0.161 e. The number of hydrogen-bond acceptors (Lipinski definition) is 10. The zero-order valence-corrected chi connectivity index (χ0v) is 29.2. The van der Waals surface area contributed by atoms with Crippen molar-refractivity contribution < 1.29 is 18.9 Å². The van der Waals surface area contributed by atoms with Crippen LogP contribution >= 0.6 is 0 Å². The van der Waals surface area contributed by atoms with E-state index in [1.54, 1.807) is 24.8 Å². The van der Waals surface area contributed by atoms with E-state index in [4.69, 9.17) is 28.9 Å². The van der Waals surface area contributed by atoms with Crippen LogP contribution in [0.3, 0.4) is 0 Å². The van der Waals surface area contributed by atoms with Gasteiger partial charge in [-0.25, -0.2) is 9.97 Å². The molecule has 8 rings (SSSR count). The number of pyridine rings is 6. The zero-order chi connectivity index (χ0) is 36.4. The largest absolute Gasteiger partial charge is 0.490 e. The lowest BCUT2D eigenvalue weighted by atomic mass is 10.1. The lowest BCUT2D eigenvalue weighted by Crippen LogP contribution is -2.12. The molecule has 6 heterocycles. The van der Waals surface area contributed by atoms with Crippen LogP contribution in [0.15, 0.2) is 158 Å². The molecule has 0 aliphatic rings. The molecule has 8 aromatic rings. The monoisotopic (exact) mass is 710 g/mol. The first kappa shape index (κ1) is 33.9. The van der Waals surface area contributed by atoms with Crippen molar-refractivity contribution in [3.05, 3.63) is 158 Å². The molecule has 10 nitrogen and oxygen atoms in total. The molecule has 0 radical (unpaired) electrons. The van der Waals surface area contributed by atoms with Crippen LogP contribution in [0.25, 0.3) is 56.3 Å². The number of nitrogens with zero attached hydrogens (tertiary/aromatic N) is 6. The number of rotatable bonds is 14. The maximum Gasteiger partial charge on any atom is 0.161 e. The summed E-state index contributed by atoms with van der Waals surface area (Å²) < 4.78 is 25.0. The van der Waals surface area contributed by atoms with Crippen LogP contribution in [0.2, 0.25) is 0 Å². The van der Waals surface area contributed by atoms with E-state index in [1.165, 1.54) is 0 Å². The van der Waals surface area contributed by atoms with Gasteiger partial charge < -0.3 is 18.9 Å². The van der Waals surface area contributed by atoms with Gasteiger partial charge in [-0.15, -0.1) is 0 Å². The van der Waals surface area contributed by atoms with Gasteiger partial charge in [0.2, 0.25) is 0 Å². The Morgan fingerprint density at radius 1 is 0.315 bits per heavy atom. The molecule has 264 valence electrons. The predicted molar refractivity (Wildman–Crippen MR) is 207 cm³/mol. The van der Waals surface area contributed by atoms with Gasteiger partial charge >= 0.3 is 0 Å². The van der Waals surface area contributed by atoms with E-state index in [0.717, 1.165) is 33.5 Å². The van der Waals surface area contributed by atoms with Crippen LogP contribution < -0.4 is 18.9 Å². The van der Waals surface area contributed by atoms with E-state index in [9.17, 15) is 0 Å². The second-order valence-corrected chi connectivity index (χ2v) is 12.0. The van der Waals surface area contributed by atoms with Crippen molar-refractivity contribution in [3.63, 3.8) is 0 Å². The Morgan fingerprint density at radius 3 is 0.944 bits per heavy atom. The highest BCUT2D eigenvalue weighted by Crippen LogP contribution is 2.33. The van der Waals surface area contributed by atoms with Gasteiger partial charge in [-0.1, -0.05) is 48.5 Å². The Morgan fingerprint density at radius 2 is 0.630 bits per heavy atom. The molecule has 10 heteroatoms. The predicted octanol–water partition coefficient (Wildman–Crippen LogP) is 8.79. The number of fused-ring (bicyclic) bond motifs is 1. The number of aromatic nitrogens is 6. The summed E-state index contributed by atoms with van der Waals surface area (Å²) in [6.07, 6.45) is 6.97. The van der Waals surface area contributed by atoms with Gasteiger partial charge in [-0.2, -0.15) is 0 Å². The first-order valence-corrected chi connectivity index (χ1v) is 17.5. The quantitative estimate of drug-likeness (QED) is 0.101. The van der Waals surface area contributed by atoms with Crippen molar-refractivity contribution in [2.45, 2.75) is 0 Å². The van der Waals surface area contributed by atoms with Crippen molar-refractivity contribution >= 4 is 10.8 Å². The van der Waals surface area contributed by atoms with Crippen LogP contribution in [-0.2, 0) is 0 Å². The molecule has 6 aromatic heterocycles. The molecule has 0 spiro atoms. The van der Waals surface area contributed by atoms with Gasteiger partial charge in [0.25, 0.3) is 0 Å². The minimum Gasteiger partial charge on any atom is -0.490 e. The molecular weight excluding hydrogens is 677 g/mol. The molecule has 0 saturated heterocycles. The maximum atomic E-state index is 6.29. The summed E-state index contributed by atoms with van der Waals surface area (Å²) in [5, 5.41) is 2.07. The Balaban J connectivity index is 0.953. The molecule has 54 heavy (non-hydrogen) atoms. The minimum absolute atomic E-state index is 0.273. The average Bonchev–Trinajstić information content (AvgIpc) is 3.25. The van der Waals surface area contributed by atoms with Gasteiger partial charge in [0, 0.05) is 49.1 Å². The van der Waals surface area contributed by atoms with Crippen LogP contribution in [-0.4, -0.2) is 56.3 Å². The van der Waals surface area contributed by atoms with Crippen molar-refractivity contribution in [2.24, 2.45) is 0 Å². The molecule has 2 aromatic carbocycles. The Kier molecular flexibility index (Phi) is 10.3. The maximum absolute atomic E-state index is 6.29. The molecule has 0 aliphatic heterocycles. The minimum atomic E-state index is 0.273. The summed E-state index contributed by atoms with van der Waals surface area (Å²) in [5.41, 5.74) is 5.72. The van der Waals surface area contributed by atoms with E-state index in [-0.39, 0.29) is 26.4 Å². The number of hydrogen-bond donors (Lipinski definition) is 0. The third-order valence-corrected chi connectivity index (χ3v) is 8.34. The highest BCUT2D eigenvalue weighted by atomic mass is 16.6. The average molecular weight is 711 g/mol.